The Kier molecular flexibility index (Phi) is 9.12. The zero-order valence-electron chi connectivity index (χ0n) is 15.6. The third-order valence-corrected chi connectivity index (χ3v) is 3.94. The van der Waals surface area contributed by atoms with Crippen molar-refractivity contribution in [2.75, 3.05) is 19.8 Å². The average molecular weight is 355 g/mol. The van der Waals surface area contributed by atoms with Crippen LogP contribution in [0.4, 0.5) is 0 Å². The van der Waals surface area contributed by atoms with E-state index in [9.17, 15) is 4.79 Å². The van der Waals surface area contributed by atoms with Gasteiger partial charge in [-0.1, -0.05) is 43.3 Å². The van der Waals surface area contributed by atoms with E-state index in [4.69, 9.17) is 9.47 Å². The van der Waals surface area contributed by atoms with E-state index in [1.807, 2.05) is 48.5 Å². The standard InChI is InChI=1S/C22H29NO3/c1-2-17-26-21-14-7-6-10-19(21)11-8-16-23-22(24)15-9-18-25-20-12-4-3-5-13-20/h3-7,10,12-14H,2,8-9,11,15-18H2,1H3,(H,23,24). The summed E-state index contributed by atoms with van der Waals surface area (Å²) in [5.74, 6) is 1.88. The van der Waals surface area contributed by atoms with Crippen LogP contribution in [0.2, 0.25) is 0 Å². The van der Waals surface area contributed by atoms with E-state index in [-0.39, 0.29) is 5.91 Å². The number of rotatable bonds is 12. The van der Waals surface area contributed by atoms with Gasteiger partial charge >= 0.3 is 0 Å². The lowest BCUT2D eigenvalue weighted by molar-refractivity contribution is -0.121. The highest BCUT2D eigenvalue weighted by atomic mass is 16.5. The van der Waals surface area contributed by atoms with Crippen LogP contribution in [0, 0.1) is 0 Å². The van der Waals surface area contributed by atoms with E-state index in [1.165, 1.54) is 5.56 Å². The van der Waals surface area contributed by atoms with E-state index in [2.05, 4.69) is 18.3 Å². The Labute approximate surface area is 156 Å². The van der Waals surface area contributed by atoms with Crippen molar-refractivity contribution in [3.63, 3.8) is 0 Å². The summed E-state index contributed by atoms with van der Waals surface area (Å²) in [6.45, 7) is 4.07. The number of carbonyl (C=O) groups excluding carboxylic acids is 1. The van der Waals surface area contributed by atoms with Crippen LogP contribution in [-0.2, 0) is 11.2 Å². The predicted octanol–water partition coefficient (Wildman–Crippen LogP) is 4.38. The number of ether oxygens (including phenoxy) is 2. The number of hydrogen-bond acceptors (Lipinski definition) is 3. The molecule has 0 saturated carbocycles. The molecular formula is C22H29NO3. The molecule has 0 aromatic heterocycles. The van der Waals surface area contributed by atoms with Gasteiger partial charge in [0.2, 0.25) is 5.91 Å². The summed E-state index contributed by atoms with van der Waals surface area (Å²) in [6.07, 6.45) is 4.01. The van der Waals surface area contributed by atoms with Gasteiger partial charge in [0.1, 0.15) is 11.5 Å². The van der Waals surface area contributed by atoms with Crippen molar-refractivity contribution < 1.29 is 14.3 Å². The molecule has 26 heavy (non-hydrogen) atoms. The molecule has 1 N–H and O–H groups in total. The second kappa shape index (κ2) is 12.0. The lowest BCUT2D eigenvalue weighted by Gasteiger charge is -2.11. The molecule has 0 saturated heterocycles. The summed E-state index contributed by atoms with van der Waals surface area (Å²) in [4.78, 5) is 11.9. The maximum absolute atomic E-state index is 11.9. The third-order valence-electron chi connectivity index (χ3n) is 3.94. The van der Waals surface area contributed by atoms with Gasteiger partial charge in [-0.25, -0.2) is 0 Å². The first-order valence-electron chi connectivity index (χ1n) is 9.45. The van der Waals surface area contributed by atoms with Crippen LogP contribution in [0.15, 0.2) is 54.6 Å². The topological polar surface area (TPSA) is 47.6 Å². The highest BCUT2D eigenvalue weighted by Gasteiger charge is 2.04. The summed E-state index contributed by atoms with van der Waals surface area (Å²) in [5, 5.41) is 2.98. The first-order valence-corrected chi connectivity index (χ1v) is 9.45. The van der Waals surface area contributed by atoms with Crippen LogP contribution in [0.1, 0.15) is 38.2 Å². The minimum atomic E-state index is 0.0807. The van der Waals surface area contributed by atoms with Gasteiger partial charge in [-0.2, -0.15) is 0 Å². The Hall–Kier alpha value is -2.49. The van der Waals surface area contributed by atoms with Gasteiger partial charge in [-0.3, -0.25) is 4.79 Å². The normalized spacial score (nSPS) is 10.3. The average Bonchev–Trinajstić information content (AvgIpc) is 2.68. The summed E-state index contributed by atoms with van der Waals surface area (Å²) in [7, 11) is 0. The molecule has 0 aliphatic carbocycles. The lowest BCUT2D eigenvalue weighted by atomic mass is 10.1. The maximum atomic E-state index is 11.9. The SMILES string of the molecule is CCCOc1ccccc1CCCNC(=O)CCCOc1ccccc1. The number of amides is 1. The van der Waals surface area contributed by atoms with Crippen molar-refractivity contribution in [1.29, 1.82) is 0 Å². The van der Waals surface area contributed by atoms with Crippen molar-refractivity contribution in [3.05, 3.63) is 60.2 Å². The van der Waals surface area contributed by atoms with Crippen molar-refractivity contribution >= 4 is 5.91 Å². The molecule has 0 spiro atoms. The summed E-state index contributed by atoms with van der Waals surface area (Å²) >= 11 is 0. The molecule has 4 heteroatoms. The lowest BCUT2D eigenvalue weighted by Crippen LogP contribution is -2.25. The van der Waals surface area contributed by atoms with Gasteiger partial charge in [0.25, 0.3) is 0 Å². The maximum Gasteiger partial charge on any atom is 0.220 e. The fourth-order valence-corrected chi connectivity index (χ4v) is 2.60. The molecule has 0 heterocycles. The van der Waals surface area contributed by atoms with Crippen LogP contribution in [0.25, 0.3) is 0 Å². The Morgan fingerprint density at radius 2 is 1.69 bits per heavy atom. The fraction of sp³-hybridized carbons (Fsp3) is 0.409. The minimum Gasteiger partial charge on any atom is -0.494 e. The van der Waals surface area contributed by atoms with Gasteiger partial charge in [-0.05, 0) is 49.4 Å². The number of nitrogens with one attached hydrogen (secondary N) is 1. The summed E-state index contributed by atoms with van der Waals surface area (Å²) in [5.41, 5.74) is 1.20. The molecule has 0 aliphatic rings. The van der Waals surface area contributed by atoms with E-state index in [1.54, 1.807) is 0 Å². The molecule has 140 valence electrons. The molecule has 0 radical (unpaired) electrons. The number of benzene rings is 2. The third kappa shape index (κ3) is 7.60. The predicted molar refractivity (Wildman–Crippen MR) is 105 cm³/mol. The molecule has 2 rings (SSSR count). The molecule has 0 unspecified atom stereocenters. The zero-order chi connectivity index (χ0) is 18.5. The molecule has 1 amide bonds. The smallest absolute Gasteiger partial charge is 0.220 e. The number of carbonyl (C=O) groups is 1. The molecule has 0 atom stereocenters. The van der Waals surface area contributed by atoms with Gasteiger partial charge in [0.15, 0.2) is 0 Å². The highest BCUT2D eigenvalue weighted by Crippen LogP contribution is 2.19. The van der Waals surface area contributed by atoms with Crippen molar-refractivity contribution in [1.82, 2.24) is 5.32 Å². The van der Waals surface area contributed by atoms with Gasteiger partial charge < -0.3 is 14.8 Å². The highest BCUT2D eigenvalue weighted by molar-refractivity contribution is 5.75. The van der Waals surface area contributed by atoms with Gasteiger partial charge in [-0.15, -0.1) is 0 Å². The monoisotopic (exact) mass is 355 g/mol. The molecule has 4 nitrogen and oxygen atoms in total. The zero-order valence-corrected chi connectivity index (χ0v) is 15.6. The molecule has 0 fully saturated rings. The quantitative estimate of drug-likeness (QED) is 0.575. The van der Waals surface area contributed by atoms with Gasteiger partial charge in [0, 0.05) is 13.0 Å². The first-order chi connectivity index (χ1) is 12.8. The van der Waals surface area contributed by atoms with Crippen molar-refractivity contribution in [3.8, 4) is 11.5 Å². The first kappa shape index (κ1) is 19.8. The molecule has 0 aliphatic heterocycles. The summed E-state index contributed by atoms with van der Waals surface area (Å²) in [6, 6.07) is 17.8. The van der Waals surface area contributed by atoms with E-state index < -0.39 is 0 Å². The molecule has 2 aromatic rings. The number of para-hydroxylation sites is 2. The Bertz CT molecular complexity index is 643. The van der Waals surface area contributed by atoms with Crippen molar-refractivity contribution in [2.45, 2.75) is 39.0 Å². The molecular weight excluding hydrogens is 326 g/mol. The van der Waals surface area contributed by atoms with Crippen LogP contribution in [0.5, 0.6) is 11.5 Å². The van der Waals surface area contributed by atoms with Crippen LogP contribution in [-0.4, -0.2) is 25.7 Å². The molecule has 0 bridgehead atoms. The fourth-order valence-electron chi connectivity index (χ4n) is 2.60. The molecule has 2 aromatic carbocycles. The number of aryl methyl sites for hydroxylation is 1. The summed E-state index contributed by atoms with van der Waals surface area (Å²) < 4.78 is 11.4. The van der Waals surface area contributed by atoms with Gasteiger partial charge in [0.05, 0.1) is 13.2 Å². The van der Waals surface area contributed by atoms with Crippen LogP contribution >= 0.6 is 0 Å². The number of hydrogen-bond donors (Lipinski definition) is 1. The second-order valence-electron chi connectivity index (χ2n) is 6.17. The van der Waals surface area contributed by atoms with Crippen LogP contribution in [0.3, 0.4) is 0 Å². The Morgan fingerprint density at radius 3 is 2.50 bits per heavy atom. The van der Waals surface area contributed by atoms with E-state index in [0.717, 1.165) is 37.4 Å². The van der Waals surface area contributed by atoms with E-state index >= 15 is 0 Å². The van der Waals surface area contributed by atoms with Crippen LogP contribution < -0.4 is 14.8 Å². The second-order valence-corrected chi connectivity index (χ2v) is 6.17. The largest absolute Gasteiger partial charge is 0.494 e. The Balaban J connectivity index is 1.57. The van der Waals surface area contributed by atoms with Crippen molar-refractivity contribution in [2.24, 2.45) is 0 Å². The minimum absolute atomic E-state index is 0.0807. The van der Waals surface area contributed by atoms with E-state index in [0.29, 0.717) is 26.0 Å². The Morgan fingerprint density at radius 1 is 0.923 bits per heavy atom.